The fourth-order valence-electron chi connectivity index (χ4n) is 2.65. The molecule has 3 nitrogen and oxygen atoms in total. The molecule has 0 fully saturated rings. The van der Waals surface area contributed by atoms with E-state index in [1.807, 2.05) is 13.8 Å². The van der Waals surface area contributed by atoms with Crippen molar-refractivity contribution in [2.75, 3.05) is 0 Å². The SMILES string of the molecule is CC1(C)CC(=O)c2cnc(-c3cc(F)cc(F)c3)nc2C1. The second-order valence-electron chi connectivity index (χ2n) is 6.15. The zero-order valence-corrected chi connectivity index (χ0v) is 11.8. The van der Waals surface area contributed by atoms with E-state index in [1.165, 1.54) is 18.3 Å². The zero-order chi connectivity index (χ0) is 15.2. The van der Waals surface area contributed by atoms with Gasteiger partial charge in [0.2, 0.25) is 0 Å². The largest absolute Gasteiger partial charge is 0.294 e. The number of rotatable bonds is 1. The van der Waals surface area contributed by atoms with Gasteiger partial charge in [-0.05, 0) is 24.0 Å². The summed E-state index contributed by atoms with van der Waals surface area (Å²) < 4.78 is 26.6. The van der Waals surface area contributed by atoms with Crippen molar-refractivity contribution in [1.29, 1.82) is 0 Å². The minimum absolute atomic E-state index is 0.0122. The Morgan fingerprint density at radius 3 is 2.43 bits per heavy atom. The number of halogens is 2. The van der Waals surface area contributed by atoms with Crippen LogP contribution in [0.2, 0.25) is 0 Å². The maximum atomic E-state index is 13.3. The van der Waals surface area contributed by atoms with Crippen LogP contribution >= 0.6 is 0 Å². The van der Waals surface area contributed by atoms with E-state index in [-0.39, 0.29) is 22.6 Å². The van der Waals surface area contributed by atoms with Gasteiger partial charge in [0, 0.05) is 24.2 Å². The molecular weight excluding hydrogens is 274 g/mol. The third-order valence-electron chi connectivity index (χ3n) is 3.57. The molecule has 0 amide bonds. The first-order valence-electron chi connectivity index (χ1n) is 6.70. The summed E-state index contributed by atoms with van der Waals surface area (Å²) in [4.78, 5) is 20.5. The van der Waals surface area contributed by atoms with Crippen LogP contribution in [0.5, 0.6) is 0 Å². The Morgan fingerprint density at radius 1 is 1.10 bits per heavy atom. The average Bonchev–Trinajstić information content (AvgIpc) is 2.35. The number of Topliss-reactive ketones (excluding diaryl/α,β-unsaturated/α-hetero) is 1. The van der Waals surface area contributed by atoms with Crippen LogP contribution in [0.25, 0.3) is 11.4 Å². The normalized spacial score (nSPS) is 16.7. The number of hydrogen-bond acceptors (Lipinski definition) is 3. The lowest BCUT2D eigenvalue weighted by atomic mass is 9.76. The van der Waals surface area contributed by atoms with E-state index in [0.717, 1.165) is 6.07 Å². The third kappa shape index (κ3) is 2.68. The van der Waals surface area contributed by atoms with E-state index < -0.39 is 11.6 Å². The molecule has 0 bridgehead atoms. The van der Waals surface area contributed by atoms with Crippen molar-refractivity contribution in [3.05, 3.63) is 47.3 Å². The number of nitrogens with zero attached hydrogens (tertiary/aromatic N) is 2. The Hall–Kier alpha value is -2.17. The summed E-state index contributed by atoms with van der Waals surface area (Å²) >= 11 is 0. The Labute approximate surface area is 121 Å². The number of benzene rings is 1. The molecule has 1 aromatic carbocycles. The predicted molar refractivity (Wildman–Crippen MR) is 73.8 cm³/mol. The summed E-state index contributed by atoms with van der Waals surface area (Å²) in [5.74, 6) is -1.11. The summed E-state index contributed by atoms with van der Waals surface area (Å²) in [6.45, 7) is 3.99. The predicted octanol–water partition coefficient (Wildman–Crippen LogP) is 3.58. The van der Waals surface area contributed by atoms with Gasteiger partial charge in [0.1, 0.15) is 11.6 Å². The first-order valence-corrected chi connectivity index (χ1v) is 6.70. The Bertz CT molecular complexity index is 721. The maximum absolute atomic E-state index is 13.3. The molecule has 2 aromatic rings. The highest BCUT2D eigenvalue weighted by Gasteiger charge is 2.32. The minimum Gasteiger partial charge on any atom is -0.294 e. The Kier molecular flexibility index (Phi) is 3.08. The van der Waals surface area contributed by atoms with Crippen molar-refractivity contribution in [2.24, 2.45) is 5.41 Å². The average molecular weight is 288 g/mol. The van der Waals surface area contributed by atoms with Gasteiger partial charge in [0.25, 0.3) is 0 Å². The molecular formula is C16H14F2N2O. The first-order chi connectivity index (χ1) is 9.84. The molecule has 0 atom stereocenters. The summed E-state index contributed by atoms with van der Waals surface area (Å²) in [6.07, 6.45) is 2.55. The molecule has 5 heteroatoms. The van der Waals surface area contributed by atoms with Crippen LogP contribution in [0.3, 0.4) is 0 Å². The van der Waals surface area contributed by atoms with Gasteiger partial charge in [-0.15, -0.1) is 0 Å². The summed E-state index contributed by atoms with van der Waals surface area (Å²) in [7, 11) is 0. The maximum Gasteiger partial charge on any atom is 0.166 e. The first kappa shape index (κ1) is 13.8. The highest BCUT2D eigenvalue weighted by molar-refractivity contribution is 5.98. The van der Waals surface area contributed by atoms with Crippen LogP contribution in [-0.2, 0) is 6.42 Å². The number of carbonyl (C=O) groups is 1. The molecule has 1 aliphatic rings. The molecule has 3 rings (SSSR count). The lowest BCUT2D eigenvalue weighted by molar-refractivity contribution is 0.0909. The molecule has 0 spiro atoms. The smallest absolute Gasteiger partial charge is 0.166 e. The van der Waals surface area contributed by atoms with Crippen molar-refractivity contribution in [3.8, 4) is 11.4 Å². The van der Waals surface area contributed by atoms with Crippen LogP contribution < -0.4 is 0 Å². The molecule has 0 saturated heterocycles. The molecule has 0 radical (unpaired) electrons. The quantitative estimate of drug-likeness (QED) is 0.805. The fraction of sp³-hybridized carbons (Fsp3) is 0.312. The third-order valence-corrected chi connectivity index (χ3v) is 3.57. The van der Waals surface area contributed by atoms with Crippen LogP contribution in [0.15, 0.2) is 24.4 Å². The van der Waals surface area contributed by atoms with Gasteiger partial charge >= 0.3 is 0 Å². The van der Waals surface area contributed by atoms with E-state index >= 15 is 0 Å². The van der Waals surface area contributed by atoms with Crippen LogP contribution in [0, 0.1) is 17.0 Å². The van der Waals surface area contributed by atoms with Gasteiger partial charge in [-0.25, -0.2) is 18.7 Å². The fourth-order valence-corrected chi connectivity index (χ4v) is 2.65. The highest BCUT2D eigenvalue weighted by Crippen LogP contribution is 2.34. The molecule has 0 N–H and O–H groups in total. The summed E-state index contributed by atoms with van der Waals surface area (Å²) in [5.41, 5.74) is 1.26. The van der Waals surface area contributed by atoms with Gasteiger partial charge in [-0.1, -0.05) is 13.8 Å². The van der Waals surface area contributed by atoms with Gasteiger partial charge < -0.3 is 0 Å². The van der Waals surface area contributed by atoms with Crippen molar-refractivity contribution in [1.82, 2.24) is 9.97 Å². The number of carbonyl (C=O) groups excluding carboxylic acids is 1. The molecule has 108 valence electrons. The second-order valence-corrected chi connectivity index (χ2v) is 6.15. The van der Waals surface area contributed by atoms with Crippen LogP contribution in [-0.4, -0.2) is 15.8 Å². The van der Waals surface area contributed by atoms with Gasteiger partial charge in [0.15, 0.2) is 11.6 Å². The van der Waals surface area contributed by atoms with E-state index in [9.17, 15) is 13.6 Å². The lowest BCUT2D eigenvalue weighted by Gasteiger charge is -2.29. The summed E-state index contributed by atoms with van der Waals surface area (Å²) in [6, 6.07) is 3.16. The van der Waals surface area contributed by atoms with Crippen molar-refractivity contribution < 1.29 is 13.6 Å². The second kappa shape index (κ2) is 4.69. The standard InChI is InChI=1S/C16H14F2N2O/c1-16(2)6-13-12(14(21)7-16)8-19-15(20-13)9-3-10(17)5-11(18)4-9/h3-5,8H,6-7H2,1-2H3. The highest BCUT2D eigenvalue weighted by atomic mass is 19.1. The van der Waals surface area contributed by atoms with E-state index in [2.05, 4.69) is 9.97 Å². The van der Waals surface area contributed by atoms with E-state index in [0.29, 0.717) is 24.1 Å². The van der Waals surface area contributed by atoms with E-state index in [4.69, 9.17) is 0 Å². The molecule has 1 aliphatic carbocycles. The lowest BCUT2D eigenvalue weighted by Crippen LogP contribution is -2.28. The van der Waals surface area contributed by atoms with Gasteiger partial charge in [-0.2, -0.15) is 0 Å². The molecule has 1 aromatic heterocycles. The monoisotopic (exact) mass is 288 g/mol. The molecule has 21 heavy (non-hydrogen) atoms. The van der Waals surface area contributed by atoms with Gasteiger partial charge in [-0.3, -0.25) is 4.79 Å². The molecule has 1 heterocycles. The zero-order valence-electron chi connectivity index (χ0n) is 11.8. The topological polar surface area (TPSA) is 42.9 Å². The summed E-state index contributed by atoms with van der Waals surface area (Å²) in [5, 5.41) is 0. The number of hydrogen-bond donors (Lipinski definition) is 0. The molecule has 0 aliphatic heterocycles. The molecule has 0 saturated carbocycles. The number of ketones is 1. The van der Waals surface area contributed by atoms with Crippen molar-refractivity contribution in [2.45, 2.75) is 26.7 Å². The number of fused-ring (bicyclic) bond motifs is 1. The number of aromatic nitrogens is 2. The minimum atomic E-state index is -0.678. The Balaban J connectivity index is 2.09. The van der Waals surface area contributed by atoms with Crippen LogP contribution in [0.1, 0.15) is 36.3 Å². The van der Waals surface area contributed by atoms with Gasteiger partial charge in [0.05, 0.1) is 11.3 Å². The van der Waals surface area contributed by atoms with Crippen LogP contribution in [0.4, 0.5) is 8.78 Å². The molecule has 0 unspecified atom stereocenters. The van der Waals surface area contributed by atoms with E-state index in [1.54, 1.807) is 0 Å². The van der Waals surface area contributed by atoms with Crippen molar-refractivity contribution in [3.63, 3.8) is 0 Å². The Morgan fingerprint density at radius 2 is 1.76 bits per heavy atom. The van der Waals surface area contributed by atoms with Crippen molar-refractivity contribution >= 4 is 5.78 Å².